The van der Waals surface area contributed by atoms with Crippen LogP contribution >= 0.6 is 18.2 Å². The van der Waals surface area contributed by atoms with Gasteiger partial charge in [0, 0.05) is 11.7 Å². The minimum Gasteiger partial charge on any atom is -0.303 e. The summed E-state index contributed by atoms with van der Waals surface area (Å²) >= 11 is 1.10. The molecule has 0 amide bonds. The Labute approximate surface area is 89.0 Å². The summed E-state index contributed by atoms with van der Waals surface area (Å²) in [5.41, 5.74) is 0. The van der Waals surface area contributed by atoms with Crippen LogP contribution in [0.25, 0.3) is 0 Å². The molecule has 0 aromatic carbocycles. The number of hydrogen-bond donors (Lipinski definition) is 0. The SMILES string of the molecule is CCOP(=O)(OCC)SC(C)CC=O. The number of rotatable bonds is 8. The van der Waals surface area contributed by atoms with Gasteiger partial charge in [0.15, 0.2) is 0 Å². The lowest BCUT2D eigenvalue weighted by Gasteiger charge is -2.18. The van der Waals surface area contributed by atoms with E-state index in [1.165, 1.54) is 0 Å². The molecule has 0 N–H and O–H groups in total. The van der Waals surface area contributed by atoms with E-state index in [0.717, 1.165) is 17.7 Å². The van der Waals surface area contributed by atoms with Gasteiger partial charge in [-0.05, 0) is 25.2 Å². The third-order valence-corrected chi connectivity index (χ3v) is 5.76. The van der Waals surface area contributed by atoms with E-state index in [1.807, 2.05) is 6.92 Å². The van der Waals surface area contributed by atoms with Crippen LogP contribution in [0.2, 0.25) is 0 Å². The van der Waals surface area contributed by atoms with E-state index in [4.69, 9.17) is 9.05 Å². The molecule has 1 atom stereocenters. The first-order chi connectivity index (χ1) is 6.58. The predicted octanol–water partition coefficient (Wildman–Crippen LogP) is 2.88. The van der Waals surface area contributed by atoms with Crippen molar-refractivity contribution < 1.29 is 18.4 Å². The summed E-state index contributed by atoms with van der Waals surface area (Å²) < 4.78 is 22.0. The summed E-state index contributed by atoms with van der Waals surface area (Å²) in [5, 5.41) is -0.0450. The number of hydrogen-bond acceptors (Lipinski definition) is 5. The maximum atomic E-state index is 11.9. The van der Waals surface area contributed by atoms with Crippen molar-refractivity contribution in [2.45, 2.75) is 32.4 Å². The second-order valence-electron chi connectivity index (χ2n) is 2.60. The van der Waals surface area contributed by atoms with E-state index >= 15 is 0 Å². The summed E-state index contributed by atoms with van der Waals surface area (Å²) in [5.74, 6) is 0. The molecule has 0 spiro atoms. The minimum atomic E-state index is -3.05. The van der Waals surface area contributed by atoms with Crippen LogP contribution in [-0.2, 0) is 18.4 Å². The van der Waals surface area contributed by atoms with Gasteiger partial charge in [-0.2, -0.15) is 0 Å². The van der Waals surface area contributed by atoms with E-state index < -0.39 is 6.80 Å². The van der Waals surface area contributed by atoms with Crippen molar-refractivity contribution in [3.63, 3.8) is 0 Å². The van der Waals surface area contributed by atoms with Crippen LogP contribution in [0.4, 0.5) is 0 Å². The van der Waals surface area contributed by atoms with E-state index in [1.54, 1.807) is 13.8 Å². The predicted molar refractivity (Wildman–Crippen MR) is 58.6 cm³/mol. The van der Waals surface area contributed by atoms with Crippen molar-refractivity contribution in [1.29, 1.82) is 0 Å². The highest BCUT2D eigenvalue weighted by Crippen LogP contribution is 2.62. The quantitative estimate of drug-likeness (QED) is 0.482. The van der Waals surface area contributed by atoms with Gasteiger partial charge in [0.05, 0.1) is 13.2 Å². The van der Waals surface area contributed by atoms with Crippen LogP contribution < -0.4 is 0 Å². The fourth-order valence-electron chi connectivity index (χ4n) is 0.813. The van der Waals surface area contributed by atoms with Crippen LogP contribution in [0.5, 0.6) is 0 Å². The van der Waals surface area contributed by atoms with E-state index in [9.17, 15) is 9.36 Å². The average Bonchev–Trinajstić information content (AvgIpc) is 2.04. The van der Waals surface area contributed by atoms with Gasteiger partial charge < -0.3 is 13.8 Å². The molecule has 0 rings (SSSR count). The van der Waals surface area contributed by atoms with E-state index in [0.29, 0.717) is 19.6 Å². The Morgan fingerprint density at radius 2 is 1.86 bits per heavy atom. The molecule has 0 bridgehead atoms. The molecular weight excluding hydrogens is 223 g/mol. The average molecular weight is 240 g/mol. The minimum absolute atomic E-state index is 0.0450. The first-order valence-corrected chi connectivity index (χ1v) is 7.61. The van der Waals surface area contributed by atoms with Gasteiger partial charge in [0.25, 0.3) is 0 Å². The first kappa shape index (κ1) is 14.2. The van der Waals surface area contributed by atoms with Crippen molar-refractivity contribution in [2.24, 2.45) is 0 Å². The number of carbonyl (C=O) groups excluding carboxylic acids is 1. The molecule has 6 heteroatoms. The lowest BCUT2D eigenvalue weighted by Crippen LogP contribution is -2.00. The zero-order valence-electron chi connectivity index (χ0n) is 8.76. The summed E-state index contributed by atoms with van der Waals surface area (Å²) in [7, 11) is 0. The monoisotopic (exact) mass is 240 g/mol. The normalized spacial score (nSPS) is 13.9. The van der Waals surface area contributed by atoms with Crippen molar-refractivity contribution in [3.8, 4) is 0 Å². The number of carbonyl (C=O) groups is 1. The van der Waals surface area contributed by atoms with Gasteiger partial charge in [0.2, 0.25) is 0 Å². The fraction of sp³-hybridized carbons (Fsp3) is 0.875. The van der Waals surface area contributed by atoms with Crippen molar-refractivity contribution >= 4 is 24.5 Å². The maximum Gasteiger partial charge on any atom is 0.389 e. The molecule has 0 saturated heterocycles. The van der Waals surface area contributed by atoms with Gasteiger partial charge in [-0.1, -0.05) is 6.92 Å². The Balaban J connectivity index is 4.20. The van der Waals surface area contributed by atoms with Gasteiger partial charge >= 0.3 is 6.80 Å². The molecule has 0 heterocycles. The zero-order valence-corrected chi connectivity index (χ0v) is 10.5. The van der Waals surface area contributed by atoms with Crippen LogP contribution in [0.3, 0.4) is 0 Å². The Kier molecular flexibility index (Phi) is 7.55. The van der Waals surface area contributed by atoms with Gasteiger partial charge in [-0.3, -0.25) is 0 Å². The molecule has 0 radical (unpaired) electrons. The molecule has 84 valence electrons. The molecule has 4 nitrogen and oxygen atoms in total. The summed E-state index contributed by atoms with van der Waals surface area (Å²) in [6.45, 7) is 2.99. The molecule has 1 unspecified atom stereocenters. The topological polar surface area (TPSA) is 52.6 Å². The first-order valence-electron chi connectivity index (χ1n) is 4.59. The molecule has 0 saturated carbocycles. The lowest BCUT2D eigenvalue weighted by molar-refractivity contribution is -0.107. The number of aldehydes is 1. The largest absolute Gasteiger partial charge is 0.389 e. The van der Waals surface area contributed by atoms with Crippen molar-refractivity contribution in [1.82, 2.24) is 0 Å². The fourth-order valence-corrected chi connectivity index (χ4v) is 4.83. The highest BCUT2D eigenvalue weighted by atomic mass is 32.7. The van der Waals surface area contributed by atoms with Crippen LogP contribution in [0.1, 0.15) is 27.2 Å². The zero-order chi connectivity index (χ0) is 11.0. The van der Waals surface area contributed by atoms with Crippen molar-refractivity contribution in [2.75, 3.05) is 13.2 Å². The summed E-state index contributed by atoms with van der Waals surface area (Å²) in [6.07, 6.45) is 1.16. The van der Waals surface area contributed by atoms with Crippen LogP contribution in [0, 0.1) is 0 Å². The highest BCUT2D eigenvalue weighted by molar-refractivity contribution is 8.55. The Morgan fingerprint density at radius 3 is 2.21 bits per heavy atom. The van der Waals surface area contributed by atoms with Crippen LogP contribution in [0.15, 0.2) is 0 Å². The van der Waals surface area contributed by atoms with E-state index in [-0.39, 0.29) is 5.25 Å². The molecule has 0 aliphatic carbocycles. The summed E-state index contributed by atoms with van der Waals surface area (Å²) in [6, 6.07) is 0. The highest BCUT2D eigenvalue weighted by Gasteiger charge is 2.27. The molecule has 0 aromatic rings. The molecule has 0 aliphatic heterocycles. The van der Waals surface area contributed by atoms with E-state index in [2.05, 4.69) is 0 Å². The van der Waals surface area contributed by atoms with Gasteiger partial charge in [0.1, 0.15) is 6.29 Å². The molecule has 0 fully saturated rings. The lowest BCUT2D eigenvalue weighted by atomic mass is 10.4. The summed E-state index contributed by atoms with van der Waals surface area (Å²) in [4.78, 5) is 10.2. The second kappa shape index (κ2) is 7.46. The molecular formula is C8H17O4PS. The smallest absolute Gasteiger partial charge is 0.303 e. The third-order valence-electron chi connectivity index (χ3n) is 1.31. The molecule has 14 heavy (non-hydrogen) atoms. The Hall–Kier alpha value is 0.170. The Bertz CT molecular complexity index is 200. The van der Waals surface area contributed by atoms with Gasteiger partial charge in [-0.25, -0.2) is 4.57 Å². The third kappa shape index (κ3) is 5.81. The van der Waals surface area contributed by atoms with Crippen molar-refractivity contribution in [3.05, 3.63) is 0 Å². The van der Waals surface area contributed by atoms with Gasteiger partial charge in [-0.15, -0.1) is 0 Å². The molecule has 0 aliphatic rings. The second-order valence-corrected chi connectivity index (χ2v) is 7.00. The standard InChI is InChI=1S/C8H17O4PS/c1-4-11-13(10,12-5-2)14-8(3)6-7-9/h7-8H,4-6H2,1-3H3. The maximum absolute atomic E-state index is 11.9. The molecule has 0 aromatic heterocycles. The Morgan fingerprint density at radius 1 is 1.36 bits per heavy atom. The van der Waals surface area contributed by atoms with Crippen LogP contribution in [-0.4, -0.2) is 24.7 Å².